The van der Waals surface area contributed by atoms with Gasteiger partial charge in [-0.25, -0.2) is 0 Å². The molecule has 0 aliphatic heterocycles. The van der Waals surface area contributed by atoms with Crippen molar-refractivity contribution in [3.8, 4) is 0 Å². The van der Waals surface area contributed by atoms with Gasteiger partial charge in [-0.05, 0) is 40.6 Å². The molecule has 2 unspecified atom stereocenters. The maximum atomic E-state index is 12.1. The lowest BCUT2D eigenvalue weighted by Crippen LogP contribution is -2.65. The van der Waals surface area contributed by atoms with Crippen molar-refractivity contribution in [2.45, 2.75) is 50.4 Å². The van der Waals surface area contributed by atoms with Gasteiger partial charge in [-0.3, -0.25) is 0 Å². The van der Waals surface area contributed by atoms with Crippen LogP contribution < -0.4 is 10.4 Å². The quantitative estimate of drug-likeness (QED) is 0.719. The summed E-state index contributed by atoms with van der Waals surface area (Å²) in [5.41, 5.74) is 0. The summed E-state index contributed by atoms with van der Waals surface area (Å²) in [6.45, 7) is 4.27. The Morgan fingerprint density at radius 2 is 1.24 bits per heavy atom. The van der Waals surface area contributed by atoms with Crippen LogP contribution in [0.25, 0.3) is 0 Å². The Kier molecular flexibility index (Phi) is 5.16. The molecule has 0 amide bonds. The Labute approximate surface area is 151 Å². The molecule has 1 aliphatic rings. The second kappa shape index (κ2) is 7.04. The molecule has 1 aliphatic carbocycles. The molecule has 3 rings (SSSR count). The Balaban J connectivity index is 1.99. The van der Waals surface area contributed by atoms with E-state index in [1.807, 2.05) is 60.7 Å². The highest BCUT2D eigenvalue weighted by atomic mass is 28.4. The minimum absolute atomic E-state index is 0.228. The molecule has 2 aromatic carbocycles. The first kappa shape index (κ1) is 18.3. The molecule has 2 aromatic rings. The topological polar surface area (TPSA) is 60.7 Å². The van der Waals surface area contributed by atoms with Crippen molar-refractivity contribution in [1.29, 1.82) is 0 Å². The maximum Gasteiger partial charge on any atom is 0.258 e. The van der Waals surface area contributed by atoms with E-state index in [4.69, 9.17) is 0 Å². The standard InChI is InChI=1S/C21H28O3Si/c1-21(2,15-16-13-19(22)20(23)14-16)25(24,17-9-5-3-6-10-17)18-11-7-4-8-12-18/h3-12,16,19-20,22-24H,13-15H2,1-2H3. The number of aliphatic hydroxyl groups is 2. The second-order valence-electron chi connectivity index (χ2n) is 8.00. The zero-order valence-corrected chi connectivity index (χ0v) is 16.0. The number of benzene rings is 2. The minimum atomic E-state index is -3.00. The third kappa shape index (κ3) is 3.44. The van der Waals surface area contributed by atoms with Gasteiger partial charge in [0.05, 0.1) is 12.2 Å². The van der Waals surface area contributed by atoms with Crippen LogP contribution in [0.2, 0.25) is 5.04 Å². The van der Waals surface area contributed by atoms with Crippen molar-refractivity contribution in [1.82, 2.24) is 0 Å². The molecule has 134 valence electrons. The minimum Gasteiger partial charge on any atom is -0.424 e. The Hall–Kier alpha value is -1.46. The fourth-order valence-corrected chi connectivity index (χ4v) is 8.27. The third-order valence-corrected chi connectivity index (χ3v) is 10.3. The predicted octanol–water partition coefficient (Wildman–Crippen LogP) is 2.04. The summed E-state index contributed by atoms with van der Waals surface area (Å²) >= 11 is 0. The number of rotatable bonds is 5. The van der Waals surface area contributed by atoms with Crippen molar-refractivity contribution in [3.63, 3.8) is 0 Å². The highest BCUT2D eigenvalue weighted by molar-refractivity contribution is 6.98. The first-order valence-corrected chi connectivity index (χ1v) is 11.0. The van der Waals surface area contributed by atoms with E-state index in [1.54, 1.807) is 0 Å². The highest BCUT2D eigenvalue weighted by Gasteiger charge is 2.51. The Morgan fingerprint density at radius 1 is 0.840 bits per heavy atom. The van der Waals surface area contributed by atoms with Crippen LogP contribution in [-0.4, -0.2) is 35.5 Å². The van der Waals surface area contributed by atoms with Crippen LogP contribution in [0.5, 0.6) is 0 Å². The summed E-state index contributed by atoms with van der Waals surface area (Å²) in [5, 5.41) is 21.5. The molecule has 0 saturated heterocycles. The lowest BCUT2D eigenvalue weighted by atomic mass is 9.95. The number of aliphatic hydroxyl groups excluding tert-OH is 2. The van der Waals surface area contributed by atoms with Gasteiger partial charge in [0, 0.05) is 0 Å². The molecule has 0 radical (unpaired) electrons. The van der Waals surface area contributed by atoms with Gasteiger partial charge < -0.3 is 15.0 Å². The molecular weight excluding hydrogens is 328 g/mol. The first-order valence-electron chi connectivity index (χ1n) is 9.04. The summed E-state index contributed by atoms with van der Waals surface area (Å²) in [7, 11) is -3.00. The van der Waals surface area contributed by atoms with E-state index in [9.17, 15) is 15.0 Å². The van der Waals surface area contributed by atoms with Crippen LogP contribution in [0.15, 0.2) is 60.7 Å². The van der Waals surface area contributed by atoms with E-state index < -0.39 is 20.5 Å². The van der Waals surface area contributed by atoms with Crippen LogP contribution in [0.4, 0.5) is 0 Å². The van der Waals surface area contributed by atoms with E-state index in [0.717, 1.165) is 16.8 Å². The van der Waals surface area contributed by atoms with Crippen LogP contribution in [0, 0.1) is 5.92 Å². The molecule has 4 heteroatoms. The predicted molar refractivity (Wildman–Crippen MR) is 104 cm³/mol. The molecule has 0 aromatic heterocycles. The fourth-order valence-electron chi connectivity index (χ4n) is 4.44. The van der Waals surface area contributed by atoms with Crippen LogP contribution in [-0.2, 0) is 0 Å². The van der Waals surface area contributed by atoms with Crippen LogP contribution >= 0.6 is 0 Å². The lowest BCUT2D eigenvalue weighted by molar-refractivity contribution is 0.0438. The number of hydrogen-bond acceptors (Lipinski definition) is 3. The van der Waals surface area contributed by atoms with Crippen molar-refractivity contribution < 1.29 is 15.0 Å². The normalized spacial score (nSPS) is 24.4. The van der Waals surface area contributed by atoms with Crippen molar-refractivity contribution in [3.05, 3.63) is 60.7 Å². The van der Waals surface area contributed by atoms with Gasteiger partial charge in [-0.1, -0.05) is 74.5 Å². The smallest absolute Gasteiger partial charge is 0.258 e. The Morgan fingerprint density at radius 3 is 1.64 bits per heavy atom. The summed E-state index contributed by atoms with van der Waals surface area (Å²) in [5.74, 6) is 0.228. The van der Waals surface area contributed by atoms with Gasteiger partial charge in [-0.2, -0.15) is 0 Å². The molecule has 0 spiro atoms. The van der Waals surface area contributed by atoms with Gasteiger partial charge in [0.15, 0.2) is 0 Å². The molecule has 1 fully saturated rings. The molecule has 2 atom stereocenters. The van der Waals surface area contributed by atoms with Gasteiger partial charge in [0.2, 0.25) is 0 Å². The molecular formula is C21H28O3Si. The van der Waals surface area contributed by atoms with Crippen molar-refractivity contribution >= 4 is 18.7 Å². The monoisotopic (exact) mass is 356 g/mol. The molecule has 3 nitrogen and oxygen atoms in total. The lowest BCUT2D eigenvalue weighted by Gasteiger charge is -2.42. The van der Waals surface area contributed by atoms with E-state index in [1.165, 1.54) is 0 Å². The second-order valence-corrected chi connectivity index (χ2v) is 11.9. The van der Waals surface area contributed by atoms with Crippen LogP contribution in [0.1, 0.15) is 33.1 Å². The molecule has 0 bridgehead atoms. The zero-order valence-electron chi connectivity index (χ0n) is 15.0. The summed E-state index contributed by atoms with van der Waals surface area (Å²) in [6.07, 6.45) is 0.735. The Bertz CT molecular complexity index is 637. The average Bonchev–Trinajstić information content (AvgIpc) is 2.92. The highest BCUT2D eigenvalue weighted by Crippen LogP contribution is 2.45. The third-order valence-electron chi connectivity index (χ3n) is 5.76. The molecule has 1 saturated carbocycles. The summed E-state index contributed by atoms with van der Waals surface area (Å²) in [4.78, 5) is 12.1. The zero-order chi connectivity index (χ0) is 18.1. The van der Waals surface area contributed by atoms with Crippen LogP contribution in [0.3, 0.4) is 0 Å². The van der Waals surface area contributed by atoms with Gasteiger partial charge in [0.25, 0.3) is 8.32 Å². The van der Waals surface area contributed by atoms with E-state index in [0.29, 0.717) is 12.8 Å². The van der Waals surface area contributed by atoms with Crippen molar-refractivity contribution in [2.75, 3.05) is 0 Å². The average molecular weight is 357 g/mol. The maximum absolute atomic E-state index is 12.1. The SMILES string of the molecule is CC(C)(CC1CC(O)C(O)C1)[Si](O)(c1ccccc1)c1ccccc1. The van der Waals surface area contributed by atoms with E-state index >= 15 is 0 Å². The van der Waals surface area contributed by atoms with Gasteiger partial charge in [-0.15, -0.1) is 0 Å². The van der Waals surface area contributed by atoms with Crippen molar-refractivity contribution in [2.24, 2.45) is 5.92 Å². The largest absolute Gasteiger partial charge is 0.424 e. The molecule has 0 heterocycles. The van der Waals surface area contributed by atoms with Gasteiger partial charge >= 0.3 is 0 Å². The fraction of sp³-hybridized carbons (Fsp3) is 0.429. The van der Waals surface area contributed by atoms with E-state index in [2.05, 4.69) is 13.8 Å². The molecule has 3 N–H and O–H groups in total. The first-order chi connectivity index (χ1) is 11.8. The number of hydrogen-bond donors (Lipinski definition) is 3. The van der Waals surface area contributed by atoms with E-state index in [-0.39, 0.29) is 11.0 Å². The van der Waals surface area contributed by atoms with Gasteiger partial charge in [0.1, 0.15) is 0 Å². The molecule has 25 heavy (non-hydrogen) atoms. The summed E-state index contributed by atoms with van der Waals surface area (Å²) in [6, 6.07) is 20.0. The summed E-state index contributed by atoms with van der Waals surface area (Å²) < 4.78 is 0.